The van der Waals surface area contributed by atoms with Crippen molar-refractivity contribution in [2.75, 3.05) is 6.54 Å². The highest BCUT2D eigenvalue weighted by atomic mass is 16.5. The zero-order valence-electron chi connectivity index (χ0n) is 18.7. The Balaban J connectivity index is 1.38. The number of hydrogen-bond donors (Lipinski definition) is 2. The molecule has 0 radical (unpaired) electrons. The van der Waals surface area contributed by atoms with Crippen LogP contribution in [-0.2, 0) is 27.4 Å². The van der Waals surface area contributed by atoms with Crippen molar-refractivity contribution in [1.29, 1.82) is 0 Å². The van der Waals surface area contributed by atoms with Gasteiger partial charge < -0.3 is 19.7 Å². The summed E-state index contributed by atoms with van der Waals surface area (Å²) in [5, 5.41) is 11.2. The summed E-state index contributed by atoms with van der Waals surface area (Å²) >= 11 is 0. The second-order valence-electron chi connectivity index (χ2n) is 8.61. The Morgan fingerprint density at radius 3 is 2.38 bits per heavy atom. The van der Waals surface area contributed by atoms with Gasteiger partial charge in [-0.15, -0.1) is 0 Å². The van der Waals surface area contributed by atoms with E-state index in [-0.39, 0.29) is 31.9 Å². The molecular weight excluding hydrogens is 428 g/mol. The molecular formula is C28H26N2O4. The van der Waals surface area contributed by atoms with E-state index in [1.54, 1.807) is 0 Å². The summed E-state index contributed by atoms with van der Waals surface area (Å²) < 4.78 is 5.49. The van der Waals surface area contributed by atoms with Crippen LogP contribution in [0.25, 0.3) is 22.2 Å². The molecule has 0 bridgehead atoms. The summed E-state index contributed by atoms with van der Waals surface area (Å²) in [6.07, 6.45) is -0.461. The number of para-hydroxylation sites is 1. The molecule has 4 aromatic rings. The highest BCUT2D eigenvalue weighted by Gasteiger charge is 2.40. The lowest BCUT2D eigenvalue weighted by molar-refractivity contribution is -0.154. The Kier molecular flexibility index (Phi) is 6.14. The molecule has 0 spiro atoms. The van der Waals surface area contributed by atoms with E-state index in [1.165, 1.54) is 4.90 Å². The highest BCUT2D eigenvalue weighted by Crippen LogP contribution is 2.32. The van der Waals surface area contributed by atoms with E-state index in [0.29, 0.717) is 0 Å². The Morgan fingerprint density at radius 2 is 1.62 bits per heavy atom. The van der Waals surface area contributed by atoms with Gasteiger partial charge in [0.15, 0.2) is 0 Å². The number of H-pyrrole nitrogens is 1. The Morgan fingerprint density at radius 1 is 0.941 bits per heavy atom. The number of β-amino-alcohol motifs (C(OH)–C–C–N with tert-alkyl or cyclic N) is 1. The molecule has 172 valence electrons. The quantitative estimate of drug-likeness (QED) is 0.430. The zero-order valence-corrected chi connectivity index (χ0v) is 18.7. The number of rotatable bonds is 6. The van der Waals surface area contributed by atoms with Crippen molar-refractivity contribution in [2.24, 2.45) is 0 Å². The summed E-state index contributed by atoms with van der Waals surface area (Å²) in [5.74, 6) is -0.698. The third kappa shape index (κ3) is 4.45. The maximum atomic E-state index is 13.5. The third-order valence-electron chi connectivity index (χ3n) is 6.30. The average molecular weight is 455 g/mol. The van der Waals surface area contributed by atoms with Crippen LogP contribution in [-0.4, -0.2) is 45.6 Å². The number of ether oxygens (including phenoxy) is 1. The molecule has 0 saturated carbocycles. The average Bonchev–Trinajstić information content (AvgIpc) is 3.45. The lowest BCUT2D eigenvalue weighted by atomic mass is 10.0. The molecule has 6 nitrogen and oxygen atoms in total. The molecule has 2 N–H and O–H groups in total. The topological polar surface area (TPSA) is 82.6 Å². The van der Waals surface area contributed by atoms with Crippen LogP contribution >= 0.6 is 0 Å². The number of aromatic amines is 1. The van der Waals surface area contributed by atoms with Gasteiger partial charge in [0.05, 0.1) is 18.2 Å². The largest absolute Gasteiger partial charge is 0.459 e. The van der Waals surface area contributed by atoms with Crippen LogP contribution in [0.3, 0.4) is 0 Å². The number of aliphatic hydroxyl groups is 1. The molecule has 5 rings (SSSR count). The van der Waals surface area contributed by atoms with Crippen LogP contribution in [0.5, 0.6) is 0 Å². The number of carbonyl (C=O) groups excluding carboxylic acids is 2. The lowest BCUT2D eigenvalue weighted by Crippen LogP contribution is -2.42. The summed E-state index contributed by atoms with van der Waals surface area (Å²) in [6, 6.07) is 26.4. The van der Waals surface area contributed by atoms with Gasteiger partial charge in [-0.3, -0.25) is 4.79 Å². The van der Waals surface area contributed by atoms with E-state index in [4.69, 9.17) is 4.74 Å². The van der Waals surface area contributed by atoms with Crippen molar-refractivity contribution >= 4 is 22.8 Å². The van der Waals surface area contributed by atoms with Crippen molar-refractivity contribution in [1.82, 2.24) is 9.88 Å². The standard InChI is InChI=1S/C28H26N2O4/c31-21-15-25(28(33)34-18-19-9-3-1-4-10-19)30(17-21)26(32)16-23-22-13-7-8-14-24(22)29-27(23)20-11-5-2-6-12-20/h1-14,21,25,29,31H,15-18H2/t21-,25+/m1/s1. The second kappa shape index (κ2) is 9.53. The zero-order chi connectivity index (χ0) is 23.5. The fourth-order valence-electron chi connectivity index (χ4n) is 4.63. The minimum atomic E-state index is -0.795. The first-order chi connectivity index (χ1) is 16.6. The summed E-state index contributed by atoms with van der Waals surface area (Å²) in [6.45, 7) is 0.252. The number of fused-ring (bicyclic) bond motifs is 1. The molecule has 1 aliphatic rings. The summed E-state index contributed by atoms with van der Waals surface area (Å²) in [4.78, 5) is 31.2. The number of aromatic nitrogens is 1. The van der Waals surface area contributed by atoms with E-state index in [2.05, 4.69) is 4.98 Å². The number of nitrogens with one attached hydrogen (secondary N) is 1. The predicted octanol–water partition coefficient (Wildman–Crippen LogP) is 4.08. The number of likely N-dealkylation sites (tertiary alicyclic amines) is 1. The highest BCUT2D eigenvalue weighted by molar-refractivity contribution is 5.96. The van der Waals surface area contributed by atoms with Crippen LogP contribution in [0.4, 0.5) is 0 Å². The predicted molar refractivity (Wildman–Crippen MR) is 130 cm³/mol. The molecule has 1 saturated heterocycles. The van der Waals surface area contributed by atoms with Crippen molar-refractivity contribution in [3.8, 4) is 11.3 Å². The molecule has 0 aliphatic carbocycles. The molecule has 2 heterocycles. The van der Waals surface area contributed by atoms with E-state index in [0.717, 1.165) is 33.3 Å². The second-order valence-corrected chi connectivity index (χ2v) is 8.61. The van der Waals surface area contributed by atoms with E-state index in [1.807, 2.05) is 84.9 Å². The van der Waals surface area contributed by atoms with Crippen LogP contribution in [0.1, 0.15) is 17.5 Å². The number of nitrogens with zero attached hydrogens (tertiary/aromatic N) is 1. The van der Waals surface area contributed by atoms with E-state index in [9.17, 15) is 14.7 Å². The van der Waals surface area contributed by atoms with Gasteiger partial charge in [-0.2, -0.15) is 0 Å². The smallest absolute Gasteiger partial charge is 0.329 e. The minimum Gasteiger partial charge on any atom is -0.459 e. The molecule has 1 amide bonds. The number of aliphatic hydroxyl groups excluding tert-OH is 1. The first-order valence-electron chi connectivity index (χ1n) is 11.4. The van der Waals surface area contributed by atoms with Crippen molar-refractivity contribution in [3.63, 3.8) is 0 Å². The normalized spacial score (nSPS) is 17.7. The van der Waals surface area contributed by atoms with Gasteiger partial charge in [-0.05, 0) is 22.8 Å². The van der Waals surface area contributed by atoms with Gasteiger partial charge >= 0.3 is 5.97 Å². The van der Waals surface area contributed by atoms with E-state index >= 15 is 0 Å². The van der Waals surface area contributed by atoms with Crippen LogP contribution < -0.4 is 0 Å². The molecule has 6 heteroatoms. The molecule has 1 fully saturated rings. The number of esters is 1. The fourth-order valence-corrected chi connectivity index (χ4v) is 4.63. The molecule has 1 aliphatic heterocycles. The summed E-state index contributed by atoms with van der Waals surface area (Å²) in [7, 11) is 0. The number of amides is 1. The van der Waals surface area contributed by atoms with Gasteiger partial charge in [0.2, 0.25) is 5.91 Å². The first kappa shape index (κ1) is 21.9. The van der Waals surface area contributed by atoms with Gasteiger partial charge in [0, 0.05) is 23.9 Å². The van der Waals surface area contributed by atoms with Crippen molar-refractivity contribution in [2.45, 2.75) is 31.6 Å². The van der Waals surface area contributed by atoms with Crippen LogP contribution in [0.15, 0.2) is 84.9 Å². The summed E-state index contributed by atoms with van der Waals surface area (Å²) in [5.41, 5.74) is 4.58. The first-order valence-corrected chi connectivity index (χ1v) is 11.4. The van der Waals surface area contributed by atoms with Gasteiger partial charge in [-0.1, -0.05) is 78.9 Å². The van der Waals surface area contributed by atoms with Crippen LogP contribution in [0.2, 0.25) is 0 Å². The van der Waals surface area contributed by atoms with Gasteiger partial charge in [0.1, 0.15) is 12.6 Å². The maximum absolute atomic E-state index is 13.5. The van der Waals surface area contributed by atoms with Crippen LogP contribution in [0, 0.1) is 0 Å². The third-order valence-corrected chi connectivity index (χ3v) is 6.30. The molecule has 2 atom stereocenters. The van der Waals surface area contributed by atoms with Crippen molar-refractivity contribution < 1.29 is 19.4 Å². The fraction of sp³-hybridized carbons (Fsp3) is 0.214. The number of carbonyl (C=O) groups is 2. The van der Waals surface area contributed by atoms with Crippen molar-refractivity contribution in [3.05, 3.63) is 96.1 Å². The molecule has 1 aromatic heterocycles. The lowest BCUT2D eigenvalue weighted by Gasteiger charge is -2.23. The Bertz CT molecular complexity index is 1300. The number of benzene rings is 3. The monoisotopic (exact) mass is 454 g/mol. The van der Waals surface area contributed by atoms with Gasteiger partial charge in [0.25, 0.3) is 0 Å². The minimum absolute atomic E-state index is 0.115. The molecule has 34 heavy (non-hydrogen) atoms. The van der Waals surface area contributed by atoms with E-state index < -0.39 is 18.1 Å². The Hall–Kier alpha value is -3.90. The number of hydrogen-bond acceptors (Lipinski definition) is 4. The SMILES string of the molecule is O=C(OCc1ccccc1)[C@@H]1C[C@@H](O)CN1C(=O)Cc1c(-c2ccccc2)[nH]c2ccccc12. The molecule has 3 aromatic carbocycles. The Labute approximate surface area is 197 Å². The maximum Gasteiger partial charge on any atom is 0.329 e. The van der Waals surface area contributed by atoms with Gasteiger partial charge in [-0.25, -0.2) is 4.79 Å². The molecule has 0 unspecified atom stereocenters.